The minimum atomic E-state index is -4.04. The van der Waals surface area contributed by atoms with Gasteiger partial charge in [0.15, 0.2) is 0 Å². The number of aliphatic hydroxyl groups excluding tert-OH is 2. The summed E-state index contributed by atoms with van der Waals surface area (Å²) in [6, 6.07) is 0. The summed E-state index contributed by atoms with van der Waals surface area (Å²) in [5.41, 5.74) is 0. The van der Waals surface area contributed by atoms with Crippen molar-refractivity contribution in [2.45, 2.75) is 280 Å². The van der Waals surface area contributed by atoms with Gasteiger partial charge in [0.1, 0.15) is 0 Å². The van der Waals surface area contributed by atoms with Gasteiger partial charge in [-0.05, 0) is 12.8 Å². The second kappa shape index (κ2) is 51.3. The Morgan fingerprint density at radius 3 is 0.836 bits per heavy atom. The van der Waals surface area contributed by atoms with E-state index in [-0.39, 0.29) is 11.9 Å². The van der Waals surface area contributed by atoms with Gasteiger partial charge in [-0.25, -0.2) is 0 Å². The van der Waals surface area contributed by atoms with Gasteiger partial charge in [-0.15, -0.1) is 0 Å². The molecule has 0 aliphatic rings. The van der Waals surface area contributed by atoms with Gasteiger partial charge < -0.3 is 10.2 Å². The molecule has 0 radical (unpaired) electrons. The standard InChI is InChI=1S/2C14H28O3S.2C12H25.Sn/c2*15-11-9-7-5-3-1-2-4-6-8-10-12-18-13-14(16)17;2*1-3-5-7-9-11-12-10-8-6-4-2;/h2*15H,1-13H2,(H,16,17);2*1,3-12H2,2H3;/q;;;;+2/p-2. The maximum absolute atomic E-state index is 13.6. The normalized spacial score (nSPS) is 11.7. The van der Waals surface area contributed by atoms with Gasteiger partial charge in [-0.2, -0.15) is 0 Å². The minimum Gasteiger partial charge on any atom is -0.396 e. The van der Waals surface area contributed by atoms with Gasteiger partial charge >= 0.3 is 334 Å². The van der Waals surface area contributed by atoms with E-state index in [1.165, 1.54) is 193 Å². The fourth-order valence-corrected chi connectivity index (χ4v) is 19.8. The summed E-state index contributed by atoms with van der Waals surface area (Å²) in [5, 5.41) is 17.9. The molecule has 0 aromatic heterocycles. The van der Waals surface area contributed by atoms with E-state index in [1.807, 2.05) is 0 Å². The molecule has 0 amide bonds. The van der Waals surface area contributed by atoms with Crippen LogP contribution in [0.15, 0.2) is 0 Å². The summed E-state index contributed by atoms with van der Waals surface area (Å²) in [4.78, 5) is 27.2. The van der Waals surface area contributed by atoms with Gasteiger partial charge in [-0.3, -0.25) is 0 Å². The summed E-state index contributed by atoms with van der Waals surface area (Å²) in [6.45, 7) is 5.19. The van der Waals surface area contributed by atoms with Gasteiger partial charge in [0, 0.05) is 13.2 Å². The summed E-state index contributed by atoms with van der Waals surface area (Å²) in [6.07, 6.45) is 49.6. The molecule has 0 bridgehead atoms. The zero-order chi connectivity index (χ0) is 44.4. The molecule has 0 heterocycles. The molecule has 0 saturated carbocycles. The number of aliphatic hydroxyl groups is 2. The zero-order valence-corrected chi connectivity index (χ0v) is 45.3. The molecule has 0 rings (SSSR count). The van der Waals surface area contributed by atoms with Crippen LogP contribution in [0.1, 0.15) is 271 Å². The van der Waals surface area contributed by atoms with Crippen molar-refractivity contribution in [1.82, 2.24) is 0 Å². The molecule has 9 heteroatoms. The Hall–Kier alpha value is 0.359. The van der Waals surface area contributed by atoms with Crippen molar-refractivity contribution in [2.24, 2.45) is 0 Å². The van der Waals surface area contributed by atoms with Crippen LogP contribution in [0.5, 0.6) is 0 Å². The molecule has 0 unspecified atom stereocenters. The third-order valence-corrected chi connectivity index (χ3v) is 24.1. The van der Waals surface area contributed by atoms with Crippen LogP contribution in [0.3, 0.4) is 0 Å². The van der Waals surface area contributed by atoms with Crippen LogP contribution in [0.2, 0.25) is 8.87 Å². The Morgan fingerprint density at radius 2 is 0.574 bits per heavy atom. The summed E-state index contributed by atoms with van der Waals surface area (Å²) < 4.78 is 14.8. The fraction of sp³-hybridized carbons (Fsp3) is 0.962. The number of thioether (sulfide) groups is 2. The van der Waals surface area contributed by atoms with Gasteiger partial charge in [0.05, 0.1) is 0 Å². The van der Waals surface area contributed by atoms with E-state index in [0.717, 1.165) is 84.6 Å². The van der Waals surface area contributed by atoms with Crippen molar-refractivity contribution in [3.05, 3.63) is 0 Å². The van der Waals surface area contributed by atoms with Gasteiger partial charge in [0.2, 0.25) is 0 Å². The van der Waals surface area contributed by atoms with Crippen molar-refractivity contribution in [3.63, 3.8) is 0 Å². The van der Waals surface area contributed by atoms with Crippen molar-refractivity contribution in [3.8, 4) is 0 Å². The quantitative estimate of drug-likeness (QED) is 0.0460. The molecule has 364 valence electrons. The molecule has 2 N–H and O–H groups in total. The van der Waals surface area contributed by atoms with E-state index in [0.29, 0.717) is 24.7 Å². The first-order valence-electron chi connectivity index (χ1n) is 26.8. The molecular formula is C52H104O6S2Sn. The van der Waals surface area contributed by atoms with Gasteiger partial charge in [0.25, 0.3) is 0 Å². The number of unbranched alkanes of at least 4 members (excludes halogenated alkanes) is 36. The molecular weight excluding hydrogens is 903 g/mol. The van der Waals surface area contributed by atoms with E-state index >= 15 is 0 Å². The molecule has 0 aliphatic carbocycles. The molecule has 0 fully saturated rings. The third-order valence-electron chi connectivity index (χ3n) is 12.3. The number of carbonyl (C=O) groups excluding carboxylic acids is 2. The van der Waals surface area contributed by atoms with Crippen LogP contribution in [0.25, 0.3) is 0 Å². The Balaban J connectivity index is 5.12. The second-order valence-corrected chi connectivity index (χ2v) is 29.8. The molecule has 0 atom stereocenters. The summed E-state index contributed by atoms with van der Waals surface area (Å²) >= 11 is -0.632. The van der Waals surface area contributed by atoms with Crippen LogP contribution in [0.4, 0.5) is 0 Å². The predicted molar refractivity (Wildman–Crippen MR) is 272 cm³/mol. The zero-order valence-electron chi connectivity index (χ0n) is 40.8. The topological polar surface area (TPSA) is 93.1 Å². The number of rotatable bonds is 52. The molecule has 0 spiro atoms. The second-order valence-electron chi connectivity index (χ2n) is 18.3. The Morgan fingerprint density at radius 1 is 0.344 bits per heavy atom. The van der Waals surface area contributed by atoms with Crippen molar-refractivity contribution in [1.29, 1.82) is 0 Å². The van der Waals surface area contributed by atoms with E-state index in [1.54, 1.807) is 23.5 Å². The fourth-order valence-electron chi connectivity index (χ4n) is 8.36. The summed E-state index contributed by atoms with van der Waals surface area (Å²) in [5.74, 6) is 2.45. The van der Waals surface area contributed by atoms with E-state index in [4.69, 9.17) is 16.4 Å². The van der Waals surface area contributed by atoms with Crippen LogP contribution < -0.4 is 0 Å². The molecule has 0 aliphatic heterocycles. The first-order valence-corrected chi connectivity index (χ1v) is 35.5. The van der Waals surface area contributed by atoms with Crippen LogP contribution in [0, 0.1) is 0 Å². The average molecular weight is 1010 g/mol. The molecule has 0 saturated heterocycles. The average Bonchev–Trinajstić information content (AvgIpc) is 3.25. The maximum atomic E-state index is 13.6. The molecule has 0 aromatic rings. The van der Waals surface area contributed by atoms with E-state index < -0.39 is 19.2 Å². The first-order chi connectivity index (χ1) is 30.0. The van der Waals surface area contributed by atoms with E-state index in [9.17, 15) is 9.59 Å². The Kier molecular flexibility index (Phi) is 51.6. The van der Waals surface area contributed by atoms with Crippen molar-refractivity contribution in [2.75, 3.05) is 36.2 Å². The van der Waals surface area contributed by atoms with Crippen LogP contribution in [-0.4, -0.2) is 77.6 Å². The summed E-state index contributed by atoms with van der Waals surface area (Å²) in [7, 11) is 0. The smallest absolute Gasteiger partial charge is 0.396 e. The Labute approximate surface area is 393 Å². The van der Waals surface area contributed by atoms with Crippen molar-refractivity contribution < 1.29 is 26.0 Å². The number of carbonyl (C=O) groups is 2. The van der Waals surface area contributed by atoms with Gasteiger partial charge in [-0.1, -0.05) is 25.7 Å². The molecule has 0 aromatic carbocycles. The van der Waals surface area contributed by atoms with E-state index in [2.05, 4.69) is 13.8 Å². The molecule has 6 nitrogen and oxygen atoms in total. The number of hydrogen-bond donors (Lipinski definition) is 2. The number of hydrogen-bond acceptors (Lipinski definition) is 8. The molecule has 61 heavy (non-hydrogen) atoms. The van der Waals surface area contributed by atoms with Crippen molar-refractivity contribution >= 4 is 54.7 Å². The first kappa shape index (κ1) is 61.4. The third kappa shape index (κ3) is 46.7. The predicted octanol–water partition coefficient (Wildman–Crippen LogP) is 16.6. The minimum absolute atomic E-state index is 0.133. The monoisotopic (exact) mass is 1010 g/mol. The van der Waals surface area contributed by atoms with Crippen LogP contribution >= 0.6 is 23.5 Å². The Bertz CT molecular complexity index is 826. The van der Waals surface area contributed by atoms with Crippen LogP contribution in [-0.2, 0) is 15.7 Å². The SMILES string of the molecule is CCCCCCCCCCC[CH2][Sn]([CH2]CCCCCCCCCCC)([O]C(=O)CSCCCCCCCCCCCCO)[O]C(=O)CSCCCCCCCCCCCCO.